The van der Waals surface area contributed by atoms with Crippen LogP contribution in [0.4, 0.5) is 11.4 Å². The van der Waals surface area contributed by atoms with Crippen LogP contribution in [0, 0.1) is 0 Å². The largest absolute Gasteiger partial charge is 0.399 e. The molecule has 22 heavy (non-hydrogen) atoms. The summed E-state index contributed by atoms with van der Waals surface area (Å²) in [6, 6.07) is 7.50. The van der Waals surface area contributed by atoms with Crippen LogP contribution in [0.25, 0.3) is 0 Å². The maximum absolute atomic E-state index is 9.01. The number of nitrogen functional groups attached to an aromatic ring is 1. The van der Waals surface area contributed by atoms with Gasteiger partial charge in [-0.15, -0.1) is 0 Å². The summed E-state index contributed by atoms with van der Waals surface area (Å²) in [6.45, 7) is 0.570. The highest BCUT2D eigenvalue weighted by atomic mass is 16.5. The normalized spacial score (nSPS) is 21.5. The molecule has 0 amide bonds. The van der Waals surface area contributed by atoms with Gasteiger partial charge in [0, 0.05) is 29.2 Å². The zero-order valence-electron chi connectivity index (χ0n) is 12.5. The highest BCUT2D eigenvalue weighted by Gasteiger charge is 2.27. The predicted octanol–water partition coefficient (Wildman–Crippen LogP) is 0.642. The molecular weight excluding hydrogens is 280 g/mol. The van der Waals surface area contributed by atoms with Crippen LogP contribution in [0.5, 0.6) is 0 Å². The summed E-state index contributed by atoms with van der Waals surface area (Å²) in [5.74, 6) is 0. The molecule has 0 heterocycles. The first-order chi connectivity index (χ1) is 10.4. The van der Waals surface area contributed by atoms with Gasteiger partial charge in [-0.25, -0.2) is 0 Å². The van der Waals surface area contributed by atoms with Crippen molar-refractivity contribution >= 4 is 11.4 Å². The van der Waals surface area contributed by atoms with Crippen LogP contribution < -0.4 is 22.5 Å². The third kappa shape index (κ3) is 4.49. The Labute approximate surface area is 130 Å². The van der Waals surface area contributed by atoms with Crippen molar-refractivity contribution in [1.29, 1.82) is 0 Å². The van der Waals surface area contributed by atoms with Crippen LogP contribution >= 0.6 is 0 Å². The first-order valence-corrected chi connectivity index (χ1v) is 7.29. The van der Waals surface area contributed by atoms with Crippen LogP contribution in [0.15, 0.2) is 47.7 Å². The van der Waals surface area contributed by atoms with Crippen molar-refractivity contribution in [1.82, 2.24) is 0 Å². The monoisotopic (exact) mass is 304 g/mol. The second kappa shape index (κ2) is 6.83. The Kier molecular flexibility index (Phi) is 5.07. The number of hydrogen-bond acceptors (Lipinski definition) is 6. The molecule has 0 bridgehead atoms. The second-order valence-corrected chi connectivity index (χ2v) is 5.80. The topological polar surface area (TPSA) is 131 Å². The highest BCUT2D eigenvalue weighted by Crippen LogP contribution is 2.28. The number of nitrogens with two attached hydrogens (primary N) is 3. The highest BCUT2D eigenvalue weighted by molar-refractivity contribution is 5.55. The van der Waals surface area contributed by atoms with Gasteiger partial charge in [0.15, 0.2) is 6.29 Å². The summed E-state index contributed by atoms with van der Waals surface area (Å²) in [4.78, 5) is 0. The molecule has 0 saturated heterocycles. The predicted molar refractivity (Wildman–Crippen MR) is 88.7 cm³/mol. The molecule has 1 unspecified atom stereocenters. The van der Waals surface area contributed by atoms with Gasteiger partial charge in [-0.3, -0.25) is 0 Å². The Bertz CT molecular complexity index is 583. The first-order valence-electron chi connectivity index (χ1n) is 7.29. The molecule has 1 aliphatic rings. The summed E-state index contributed by atoms with van der Waals surface area (Å²) in [5.41, 5.74) is 20.8. The molecule has 1 atom stereocenters. The minimum Gasteiger partial charge on any atom is -0.399 e. The molecule has 0 saturated carbocycles. The number of allylic oxidation sites excluding steroid dienone is 1. The van der Waals surface area contributed by atoms with Gasteiger partial charge in [-0.1, -0.05) is 12.1 Å². The van der Waals surface area contributed by atoms with E-state index in [1.54, 1.807) is 6.08 Å². The minimum atomic E-state index is -1.34. The third-order valence-corrected chi connectivity index (χ3v) is 3.81. The molecule has 6 nitrogen and oxygen atoms in total. The van der Waals surface area contributed by atoms with Crippen molar-refractivity contribution in [2.75, 3.05) is 17.6 Å². The molecule has 6 heteroatoms. The molecule has 1 aliphatic carbocycles. The molecule has 0 radical (unpaired) electrons. The van der Waals surface area contributed by atoms with Gasteiger partial charge in [-0.2, -0.15) is 0 Å². The van der Waals surface area contributed by atoms with E-state index in [1.165, 1.54) is 0 Å². The number of aliphatic hydroxyl groups is 2. The SMILES string of the molecule is NC1=C(CNc2cccc(N)c2)CC(N)(CCC(O)O)C=C1. The molecule has 2 rings (SSSR count). The maximum Gasteiger partial charge on any atom is 0.151 e. The Morgan fingerprint density at radius 1 is 1.27 bits per heavy atom. The lowest BCUT2D eigenvalue weighted by atomic mass is 9.82. The molecule has 1 aromatic rings. The van der Waals surface area contributed by atoms with Crippen molar-refractivity contribution < 1.29 is 10.2 Å². The van der Waals surface area contributed by atoms with E-state index in [2.05, 4.69) is 5.32 Å². The summed E-state index contributed by atoms with van der Waals surface area (Å²) in [7, 11) is 0. The second-order valence-electron chi connectivity index (χ2n) is 5.80. The Hall–Kier alpha value is -2.02. The molecule has 0 fully saturated rings. The van der Waals surface area contributed by atoms with E-state index in [0.29, 0.717) is 30.8 Å². The standard InChI is InChI=1S/C16H24N4O2/c17-12-2-1-3-13(8-12)20-10-11-9-16(19,6-4-14(11)18)7-5-15(21)22/h1-4,6,8,15,20-22H,5,7,9-10,17-19H2. The van der Waals surface area contributed by atoms with Gasteiger partial charge >= 0.3 is 0 Å². The molecule has 0 aromatic heterocycles. The van der Waals surface area contributed by atoms with Crippen LogP contribution in [0.2, 0.25) is 0 Å². The van der Waals surface area contributed by atoms with Crippen LogP contribution in [-0.2, 0) is 0 Å². The lowest BCUT2D eigenvalue weighted by Crippen LogP contribution is -2.41. The van der Waals surface area contributed by atoms with E-state index in [0.717, 1.165) is 11.3 Å². The van der Waals surface area contributed by atoms with E-state index in [1.807, 2.05) is 30.3 Å². The summed E-state index contributed by atoms with van der Waals surface area (Å²) in [5, 5.41) is 21.3. The fraction of sp³-hybridized carbons (Fsp3) is 0.375. The molecule has 1 aromatic carbocycles. The number of hydrogen-bond donors (Lipinski definition) is 6. The van der Waals surface area contributed by atoms with Gasteiger partial charge in [0.25, 0.3) is 0 Å². The van der Waals surface area contributed by atoms with Crippen molar-refractivity contribution in [3.8, 4) is 0 Å². The fourth-order valence-corrected chi connectivity index (χ4v) is 2.52. The average Bonchev–Trinajstić information content (AvgIpc) is 2.47. The van der Waals surface area contributed by atoms with Gasteiger partial charge in [0.1, 0.15) is 0 Å². The van der Waals surface area contributed by atoms with Crippen LogP contribution in [0.3, 0.4) is 0 Å². The lowest BCUT2D eigenvalue weighted by Gasteiger charge is -2.31. The van der Waals surface area contributed by atoms with E-state index < -0.39 is 11.8 Å². The quantitative estimate of drug-likeness (QED) is 0.338. The van der Waals surface area contributed by atoms with Gasteiger partial charge in [-0.05, 0) is 49.1 Å². The zero-order valence-corrected chi connectivity index (χ0v) is 12.5. The lowest BCUT2D eigenvalue weighted by molar-refractivity contribution is -0.0488. The number of rotatable bonds is 6. The Morgan fingerprint density at radius 2 is 2.05 bits per heavy atom. The number of benzene rings is 1. The molecule has 0 aliphatic heterocycles. The summed E-state index contributed by atoms with van der Waals surface area (Å²) < 4.78 is 0. The number of aliphatic hydroxyl groups excluding tert-OH is 1. The van der Waals surface area contributed by atoms with Crippen molar-refractivity contribution in [3.05, 3.63) is 47.7 Å². The zero-order chi connectivity index (χ0) is 16.2. The maximum atomic E-state index is 9.01. The molecule has 120 valence electrons. The van der Waals surface area contributed by atoms with E-state index in [9.17, 15) is 0 Å². The van der Waals surface area contributed by atoms with Crippen LogP contribution in [-0.4, -0.2) is 28.6 Å². The number of nitrogens with one attached hydrogen (secondary N) is 1. The molecular formula is C16H24N4O2. The van der Waals surface area contributed by atoms with Crippen LogP contribution in [0.1, 0.15) is 19.3 Å². The van der Waals surface area contributed by atoms with Gasteiger partial charge in [0.05, 0.1) is 0 Å². The number of anilines is 2. The summed E-state index contributed by atoms with van der Waals surface area (Å²) >= 11 is 0. The van der Waals surface area contributed by atoms with Crippen molar-refractivity contribution in [2.24, 2.45) is 11.5 Å². The van der Waals surface area contributed by atoms with Crippen molar-refractivity contribution in [2.45, 2.75) is 31.1 Å². The van der Waals surface area contributed by atoms with Gasteiger partial charge < -0.3 is 32.7 Å². The van der Waals surface area contributed by atoms with Crippen molar-refractivity contribution in [3.63, 3.8) is 0 Å². The Balaban J connectivity index is 1.99. The smallest absolute Gasteiger partial charge is 0.151 e. The molecule has 9 N–H and O–H groups in total. The fourth-order valence-electron chi connectivity index (χ4n) is 2.52. The first kappa shape index (κ1) is 16.4. The third-order valence-electron chi connectivity index (χ3n) is 3.81. The van der Waals surface area contributed by atoms with E-state index in [4.69, 9.17) is 27.4 Å². The minimum absolute atomic E-state index is 0.233. The van der Waals surface area contributed by atoms with Gasteiger partial charge in [0.2, 0.25) is 0 Å². The van der Waals surface area contributed by atoms with E-state index >= 15 is 0 Å². The Morgan fingerprint density at radius 3 is 2.73 bits per heavy atom. The summed E-state index contributed by atoms with van der Waals surface area (Å²) in [6.07, 6.45) is 3.59. The van der Waals surface area contributed by atoms with E-state index in [-0.39, 0.29) is 6.42 Å². The molecule has 0 spiro atoms. The average molecular weight is 304 g/mol.